The van der Waals surface area contributed by atoms with Crippen LogP contribution < -0.4 is 15.8 Å². The van der Waals surface area contributed by atoms with E-state index in [2.05, 4.69) is 5.32 Å². The van der Waals surface area contributed by atoms with Crippen LogP contribution in [0.25, 0.3) is 0 Å². The third-order valence-electron chi connectivity index (χ3n) is 4.96. The molecule has 0 spiro atoms. The number of rotatable bonds is 7. The number of nitrogen functional groups attached to an aromatic ring is 1. The van der Waals surface area contributed by atoms with Crippen LogP contribution in [-0.4, -0.2) is 11.1 Å². The molecule has 0 heterocycles. The van der Waals surface area contributed by atoms with Crippen LogP contribution in [0.2, 0.25) is 0 Å². The highest BCUT2D eigenvalue weighted by Crippen LogP contribution is 2.47. The molecule has 0 unspecified atom stereocenters. The van der Waals surface area contributed by atoms with Crippen molar-refractivity contribution in [3.63, 3.8) is 0 Å². The van der Waals surface area contributed by atoms with Gasteiger partial charge in [-0.2, -0.15) is 0 Å². The summed E-state index contributed by atoms with van der Waals surface area (Å²) in [7, 11) is 0. The van der Waals surface area contributed by atoms with Crippen LogP contribution in [0.3, 0.4) is 0 Å². The van der Waals surface area contributed by atoms with Gasteiger partial charge in [0.1, 0.15) is 11.5 Å². The van der Waals surface area contributed by atoms with E-state index in [1.165, 1.54) is 0 Å². The third-order valence-corrected chi connectivity index (χ3v) is 4.96. The van der Waals surface area contributed by atoms with Gasteiger partial charge in [0.25, 0.3) is 0 Å². The first-order valence-corrected chi connectivity index (χ1v) is 9.27. The Morgan fingerprint density at radius 2 is 1.79 bits per heavy atom. The molecule has 0 saturated heterocycles. The van der Waals surface area contributed by atoms with Crippen molar-refractivity contribution in [2.45, 2.75) is 18.9 Å². The lowest BCUT2D eigenvalue weighted by atomic mass is 10.1. The number of benzene rings is 3. The summed E-state index contributed by atoms with van der Waals surface area (Å²) >= 11 is 0. The quantitative estimate of drug-likeness (QED) is 0.514. The predicted octanol–water partition coefficient (Wildman–Crippen LogP) is 4.86. The maximum Gasteiger partial charge on any atom is 0.307 e. The van der Waals surface area contributed by atoms with Crippen LogP contribution in [-0.2, 0) is 11.3 Å². The first-order valence-electron chi connectivity index (χ1n) is 9.27. The molecular formula is C23H22N2O3. The Morgan fingerprint density at radius 1 is 1.04 bits per heavy atom. The summed E-state index contributed by atoms with van der Waals surface area (Å²) in [5, 5.41) is 12.4. The van der Waals surface area contributed by atoms with E-state index in [-0.39, 0.29) is 11.8 Å². The monoisotopic (exact) mass is 374 g/mol. The van der Waals surface area contributed by atoms with Gasteiger partial charge in [0.15, 0.2) is 0 Å². The zero-order valence-electron chi connectivity index (χ0n) is 15.3. The smallest absolute Gasteiger partial charge is 0.307 e. The maximum atomic E-state index is 11.0. The number of aliphatic carboxylic acids is 1. The SMILES string of the molecule is Nc1ccc(Oc2cccc(CNc3ccc([C@@H]4C[C@H]4C(=O)O)cc3)c2)cc1. The molecule has 1 fully saturated rings. The molecule has 3 aromatic rings. The predicted molar refractivity (Wildman–Crippen MR) is 110 cm³/mol. The molecule has 2 atom stereocenters. The van der Waals surface area contributed by atoms with Gasteiger partial charge in [-0.05, 0) is 72.0 Å². The summed E-state index contributed by atoms with van der Waals surface area (Å²) in [5.74, 6) is 0.757. The Hall–Kier alpha value is -3.47. The number of carboxylic acids is 1. The van der Waals surface area contributed by atoms with E-state index in [9.17, 15) is 4.79 Å². The molecule has 4 rings (SSSR count). The highest BCUT2D eigenvalue weighted by molar-refractivity contribution is 5.75. The van der Waals surface area contributed by atoms with Crippen molar-refractivity contribution in [2.24, 2.45) is 5.92 Å². The van der Waals surface area contributed by atoms with E-state index in [0.29, 0.717) is 12.2 Å². The largest absolute Gasteiger partial charge is 0.481 e. The van der Waals surface area contributed by atoms with Crippen molar-refractivity contribution in [2.75, 3.05) is 11.1 Å². The minimum atomic E-state index is -0.701. The zero-order valence-corrected chi connectivity index (χ0v) is 15.3. The van der Waals surface area contributed by atoms with E-state index in [0.717, 1.165) is 34.7 Å². The molecule has 1 aliphatic rings. The molecular weight excluding hydrogens is 352 g/mol. The standard InChI is InChI=1S/C23H22N2O3/c24-17-6-10-19(11-7-17)28-20-3-1-2-15(12-20)14-25-18-8-4-16(5-9-18)21-13-22(21)23(26)27/h1-12,21-22,25H,13-14,24H2,(H,26,27)/t21-,22+/m0/s1. The summed E-state index contributed by atoms with van der Waals surface area (Å²) in [6.07, 6.45) is 0.739. The van der Waals surface area contributed by atoms with E-state index in [4.69, 9.17) is 15.6 Å². The average Bonchev–Trinajstić information content (AvgIpc) is 3.50. The summed E-state index contributed by atoms with van der Waals surface area (Å²) < 4.78 is 5.87. The van der Waals surface area contributed by atoms with E-state index < -0.39 is 5.97 Å². The van der Waals surface area contributed by atoms with Crippen LogP contribution >= 0.6 is 0 Å². The molecule has 142 valence electrons. The summed E-state index contributed by atoms with van der Waals surface area (Å²) in [6.45, 7) is 0.666. The van der Waals surface area contributed by atoms with E-state index in [1.54, 1.807) is 0 Å². The lowest BCUT2D eigenvalue weighted by Gasteiger charge is -2.10. The molecule has 0 bridgehead atoms. The van der Waals surface area contributed by atoms with Crippen molar-refractivity contribution in [3.05, 3.63) is 83.9 Å². The number of hydrogen-bond donors (Lipinski definition) is 3. The van der Waals surface area contributed by atoms with Gasteiger partial charge in [-0.1, -0.05) is 24.3 Å². The van der Waals surface area contributed by atoms with Gasteiger partial charge in [0.2, 0.25) is 0 Å². The van der Waals surface area contributed by atoms with Crippen LogP contribution in [0.4, 0.5) is 11.4 Å². The molecule has 4 N–H and O–H groups in total. The second-order valence-electron chi connectivity index (χ2n) is 7.08. The third kappa shape index (κ3) is 4.26. The van der Waals surface area contributed by atoms with Crippen LogP contribution in [0.15, 0.2) is 72.8 Å². The van der Waals surface area contributed by atoms with E-state index in [1.807, 2.05) is 72.8 Å². The molecule has 5 heteroatoms. The van der Waals surface area contributed by atoms with Crippen LogP contribution in [0, 0.1) is 5.92 Å². The maximum absolute atomic E-state index is 11.0. The van der Waals surface area contributed by atoms with Gasteiger partial charge in [-0.15, -0.1) is 0 Å². The first-order chi connectivity index (χ1) is 13.6. The number of carbonyl (C=O) groups is 1. The fourth-order valence-corrected chi connectivity index (χ4v) is 3.28. The van der Waals surface area contributed by atoms with Crippen molar-refractivity contribution in [1.29, 1.82) is 0 Å². The zero-order chi connectivity index (χ0) is 19.5. The topological polar surface area (TPSA) is 84.6 Å². The van der Waals surface area contributed by atoms with Gasteiger partial charge in [0, 0.05) is 17.9 Å². The molecule has 0 amide bonds. The van der Waals surface area contributed by atoms with Gasteiger partial charge in [-0.3, -0.25) is 4.79 Å². The molecule has 3 aromatic carbocycles. The molecule has 1 aliphatic carbocycles. The number of nitrogens with one attached hydrogen (secondary N) is 1. The normalized spacial score (nSPS) is 17.7. The Kier molecular flexibility index (Phi) is 4.89. The van der Waals surface area contributed by atoms with Gasteiger partial charge < -0.3 is 20.9 Å². The molecule has 0 radical (unpaired) electrons. The summed E-state index contributed by atoms with van der Waals surface area (Å²) in [4.78, 5) is 11.0. The minimum Gasteiger partial charge on any atom is -0.481 e. The highest BCUT2D eigenvalue weighted by atomic mass is 16.5. The Labute approximate surface area is 163 Å². The second kappa shape index (κ2) is 7.64. The Bertz CT molecular complexity index is 968. The van der Waals surface area contributed by atoms with Crippen molar-refractivity contribution in [1.82, 2.24) is 0 Å². The van der Waals surface area contributed by atoms with Gasteiger partial charge in [-0.25, -0.2) is 0 Å². The molecule has 5 nitrogen and oxygen atoms in total. The highest BCUT2D eigenvalue weighted by Gasteiger charge is 2.43. The summed E-state index contributed by atoms with van der Waals surface area (Å²) in [5.41, 5.74) is 9.60. The lowest BCUT2D eigenvalue weighted by molar-refractivity contribution is -0.138. The molecule has 28 heavy (non-hydrogen) atoms. The fraction of sp³-hybridized carbons (Fsp3) is 0.174. The van der Waals surface area contributed by atoms with E-state index >= 15 is 0 Å². The average molecular weight is 374 g/mol. The van der Waals surface area contributed by atoms with Crippen LogP contribution in [0.5, 0.6) is 11.5 Å². The second-order valence-corrected chi connectivity index (χ2v) is 7.08. The minimum absolute atomic E-state index is 0.161. The number of ether oxygens (including phenoxy) is 1. The van der Waals surface area contributed by atoms with Crippen molar-refractivity contribution < 1.29 is 14.6 Å². The number of carboxylic acid groups (broad SMARTS) is 1. The molecule has 1 saturated carbocycles. The number of hydrogen-bond acceptors (Lipinski definition) is 4. The molecule has 0 aliphatic heterocycles. The van der Waals surface area contributed by atoms with Crippen LogP contribution in [0.1, 0.15) is 23.5 Å². The number of nitrogens with two attached hydrogens (primary N) is 1. The Balaban J connectivity index is 1.34. The summed E-state index contributed by atoms with van der Waals surface area (Å²) in [6, 6.07) is 23.3. The van der Waals surface area contributed by atoms with Crippen molar-refractivity contribution in [3.8, 4) is 11.5 Å². The molecule has 0 aromatic heterocycles. The lowest BCUT2D eigenvalue weighted by Crippen LogP contribution is -2.00. The fourth-order valence-electron chi connectivity index (χ4n) is 3.28. The van der Waals surface area contributed by atoms with Gasteiger partial charge >= 0.3 is 5.97 Å². The first kappa shape index (κ1) is 17.9. The Morgan fingerprint density at radius 3 is 2.46 bits per heavy atom. The number of anilines is 2. The van der Waals surface area contributed by atoms with Crippen molar-refractivity contribution >= 4 is 17.3 Å². The van der Waals surface area contributed by atoms with Gasteiger partial charge in [0.05, 0.1) is 5.92 Å².